The van der Waals surface area contributed by atoms with Crippen molar-refractivity contribution < 1.29 is 4.79 Å². The van der Waals surface area contributed by atoms with Gasteiger partial charge >= 0.3 is 0 Å². The maximum absolute atomic E-state index is 12.2. The lowest BCUT2D eigenvalue weighted by molar-refractivity contribution is -0.120. The Balaban J connectivity index is 1.64. The summed E-state index contributed by atoms with van der Waals surface area (Å²) < 4.78 is 2.18. The van der Waals surface area contributed by atoms with E-state index in [9.17, 15) is 4.79 Å². The molecule has 1 N–H and O–H groups in total. The van der Waals surface area contributed by atoms with E-state index in [4.69, 9.17) is 0 Å². The number of fused-ring (bicyclic) bond motifs is 1. The Morgan fingerprint density at radius 1 is 1.11 bits per heavy atom. The van der Waals surface area contributed by atoms with Gasteiger partial charge in [0.2, 0.25) is 5.91 Å². The van der Waals surface area contributed by atoms with Crippen molar-refractivity contribution in [3.63, 3.8) is 0 Å². The highest BCUT2D eigenvalue weighted by atomic mass is 16.2. The molecule has 1 aromatic heterocycles. The molecule has 2 aromatic carbocycles. The second kappa shape index (κ2) is 7.78. The molecule has 1 amide bonds. The third kappa shape index (κ3) is 4.45. The fourth-order valence-corrected chi connectivity index (χ4v) is 3.16. The molecule has 0 unspecified atom stereocenters. The number of para-hydroxylation sites is 1. The predicted octanol–water partition coefficient (Wildman–Crippen LogP) is 4.65. The number of hydrogen-bond acceptors (Lipinski definition) is 2. The maximum atomic E-state index is 12.2. The van der Waals surface area contributed by atoms with Crippen molar-refractivity contribution >= 4 is 23.0 Å². The van der Waals surface area contributed by atoms with Crippen molar-refractivity contribution in [3.8, 4) is 0 Å². The number of nitrogens with zero attached hydrogens (tertiary/aromatic N) is 2. The summed E-state index contributed by atoms with van der Waals surface area (Å²) in [4.78, 5) is 12.2. The molecule has 0 atom stereocenters. The number of rotatable bonds is 5. The highest BCUT2D eigenvalue weighted by Crippen LogP contribution is 2.22. The average Bonchev–Trinajstić information content (AvgIpc) is 2.99. The molecule has 0 spiro atoms. The van der Waals surface area contributed by atoms with E-state index < -0.39 is 0 Å². The first-order valence-electron chi connectivity index (χ1n) is 9.37. The number of aryl methyl sites for hydroxylation is 1. The molecule has 0 saturated heterocycles. The molecular weight excluding hydrogens is 334 g/mol. The van der Waals surface area contributed by atoms with Gasteiger partial charge in [-0.05, 0) is 29.5 Å². The zero-order valence-corrected chi connectivity index (χ0v) is 16.5. The van der Waals surface area contributed by atoms with Crippen LogP contribution in [0, 0.1) is 0 Å². The highest BCUT2D eigenvalue weighted by molar-refractivity contribution is 5.99. The Morgan fingerprint density at radius 2 is 1.81 bits per heavy atom. The van der Waals surface area contributed by atoms with Gasteiger partial charge in [0.05, 0.1) is 12.6 Å². The van der Waals surface area contributed by atoms with Gasteiger partial charge in [0.15, 0.2) is 0 Å². The summed E-state index contributed by atoms with van der Waals surface area (Å²) in [5.41, 5.74) is 7.17. The molecule has 27 heavy (non-hydrogen) atoms. The van der Waals surface area contributed by atoms with Crippen molar-refractivity contribution in [2.45, 2.75) is 46.1 Å². The second-order valence-corrected chi connectivity index (χ2v) is 7.80. The number of amides is 1. The number of benzene rings is 2. The summed E-state index contributed by atoms with van der Waals surface area (Å²) in [5, 5.41) is 5.29. The molecule has 3 aromatic rings. The molecule has 140 valence electrons. The van der Waals surface area contributed by atoms with E-state index in [2.05, 4.69) is 73.3 Å². The molecule has 0 aliphatic heterocycles. The molecule has 4 nitrogen and oxygen atoms in total. The van der Waals surface area contributed by atoms with Crippen LogP contribution in [0.4, 0.5) is 0 Å². The number of carbonyl (C=O) groups excluding carboxylic acids is 1. The summed E-state index contributed by atoms with van der Waals surface area (Å²) >= 11 is 0. The lowest BCUT2D eigenvalue weighted by atomic mass is 9.86. The summed E-state index contributed by atoms with van der Waals surface area (Å²) in [6.07, 6.45) is 4.10. The van der Waals surface area contributed by atoms with Crippen molar-refractivity contribution in [3.05, 3.63) is 71.4 Å². The van der Waals surface area contributed by atoms with E-state index in [1.165, 1.54) is 11.1 Å². The summed E-state index contributed by atoms with van der Waals surface area (Å²) in [6.45, 7) is 9.54. The molecule has 0 aliphatic carbocycles. The third-order valence-electron chi connectivity index (χ3n) is 4.74. The minimum Gasteiger partial charge on any atom is -0.347 e. The van der Waals surface area contributed by atoms with E-state index in [-0.39, 0.29) is 11.3 Å². The molecule has 1 heterocycles. The molecule has 0 aliphatic rings. The number of hydrazone groups is 1. The fourth-order valence-electron chi connectivity index (χ4n) is 3.16. The van der Waals surface area contributed by atoms with Crippen LogP contribution in [0.1, 0.15) is 44.4 Å². The number of hydrogen-bond donors (Lipinski definition) is 1. The van der Waals surface area contributed by atoms with Gasteiger partial charge in [0, 0.05) is 29.2 Å². The fraction of sp³-hybridized carbons (Fsp3) is 0.304. The standard InChI is InChI=1S/C23H27N3O/c1-5-26-16-18(20-8-6-7-9-21(20)26)15-24-25-22(27)14-17-10-12-19(13-11-17)23(2,3)4/h6-13,15-16H,5,14H2,1-4H3,(H,25,27). The van der Waals surface area contributed by atoms with Gasteiger partial charge in [-0.3, -0.25) is 4.79 Å². The van der Waals surface area contributed by atoms with Crippen LogP contribution in [0.25, 0.3) is 10.9 Å². The number of carbonyl (C=O) groups is 1. The maximum Gasteiger partial charge on any atom is 0.244 e. The normalized spacial score (nSPS) is 12.0. The molecule has 3 rings (SSSR count). The van der Waals surface area contributed by atoms with Gasteiger partial charge in [-0.15, -0.1) is 0 Å². The van der Waals surface area contributed by atoms with Gasteiger partial charge in [0.25, 0.3) is 0 Å². The Hall–Kier alpha value is -2.88. The van der Waals surface area contributed by atoms with Crippen LogP contribution in [0.15, 0.2) is 59.8 Å². The largest absolute Gasteiger partial charge is 0.347 e. The molecule has 0 saturated carbocycles. The zero-order valence-electron chi connectivity index (χ0n) is 16.5. The third-order valence-corrected chi connectivity index (χ3v) is 4.74. The van der Waals surface area contributed by atoms with Crippen LogP contribution in [-0.4, -0.2) is 16.7 Å². The van der Waals surface area contributed by atoms with Crippen LogP contribution in [-0.2, 0) is 23.2 Å². The smallest absolute Gasteiger partial charge is 0.244 e. The first-order valence-corrected chi connectivity index (χ1v) is 9.37. The Bertz CT molecular complexity index is 959. The Kier molecular flexibility index (Phi) is 5.45. The van der Waals surface area contributed by atoms with Crippen LogP contribution in [0.3, 0.4) is 0 Å². The Labute approximate surface area is 160 Å². The summed E-state index contributed by atoms with van der Waals surface area (Å²) in [6, 6.07) is 16.4. The van der Waals surface area contributed by atoms with Crippen LogP contribution < -0.4 is 5.43 Å². The summed E-state index contributed by atoms with van der Waals surface area (Å²) in [7, 11) is 0. The van der Waals surface area contributed by atoms with E-state index in [1.807, 2.05) is 24.3 Å². The minimum absolute atomic E-state index is 0.114. The monoisotopic (exact) mass is 361 g/mol. The van der Waals surface area contributed by atoms with E-state index in [1.54, 1.807) is 6.21 Å². The van der Waals surface area contributed by atoms with Crippen LogP contribution >= 0.6 is 0 Å². The van der Waals surface area contributed by atoms with E-state index in [0.29, 0.717) is 6.42 Å². The van der Waals surface area contributed by atoms with Crippen molar-refractivity contribution in [2.75, 3.05) is 0 Å². The van der Waals surface area contributed by atoms with Gasteiger partial charge < -0.3 is 4.57 Å². The summed E-state index contributed by atoms with van der Waals surface area (Å²) in [5.74, 6) is -0.117. The highest BCUT2D eigenvalue weighted by Gasteiger charge is 2.13. The van der Waals surface area contributed by atoms with Crippen molar-refractivity contribution in [1.82, 2.24) is 9.99 Å². The molecule has 0 bridgehead atoms. The first-order chi connectivity index (χ1) is 12.9. The van der Waals surface area contributed by atoms with Crippen LogP contribution in [0.5, 0.6) is 0 Å². The Morgan fingerprint density at radius 3 is 2.48 bits per heavy atom. The van der Waals surface area contributed by atoms with Gasteiger partial charge in [-0.1, -0.05) is 63.2 Å². The van der Waals surface area contributed by atoms with Crippen molar-refractivity contribution in [2.24, 2.45) is 5.10 Å². The lowest BCUT2D eigenvalue weighted by Crippen LogP contribution is -2.20. The van der Waals surface area contributed by atoms with E-state index in [0.717, 1.165) is 23.1 Å². The molecule has 0 radical (unpaired) electrons. The predicted molar refractivity (Wildman–Crippen MR) is 112 cm³/mol. The van der Waals surface area contributed by atoms with Gasteiger partial charge in [-0.2, -0.15) is 5.10 Å². The van der Waals surface area contributed by atoms with Crippen LogP contribution in [0.2, 0.25) is 0 Å². The molecule has 4 heteroatoms. The average molecular weight is 361 g/mol. The molecule has 0 fully saturated rings. The number of nitrogens with one attached hydrogen (secondary N) is 1. The lowest BCUT2D eigenvalue weighted by Gasteiger charge is -2.19. The van der Waals surface area contributed by atoms with Crippen molar-refractivity contribution in [1.29, 1.82) is 0 Å². The molecular formula is C23H27N3O. The first kappa shape index (κ1) is 18.9. The second-order valence-electron chi connectivity index (χ2n) is 7.80. The SMILES string of the molecule is CCn1cc(C=NNC(=O)Cc2ccc(C(C)(C)C)cc2)c2ccccc21. The number of aromatic nitrogens is 1. The van der Waals surface area contributed by atoms with Gasteiger partial charge in [-0.25, -0.2) is 5.43 Å². The quantitative estimate of drug-likeness (QED) is 0.522. The topological polar surface area (TPSA) is 46.4 Å². The van der Waals surface area contributed by atoms with Gasteiger partial charge in [0.1, 0.15) is 0 Å². The zero-order chi connectivity index (χ0) is 19.4. The minimum atomic E-state index is -0.117. The van der Waals surface area contributed by atoms with E-state index >= 15 is 0 Å².